The maximum atomic E-state index is 12.8. The molecule has 0 aromatic heterocycles. The molecule has 0 radical (unpaired) electrons. The molecule has 2 aromatic carbocycles. The van der Waals surface area contributed by atoms with E-state index in [1.165, 1.54) is 13.2 Å². The highest BCUT2D eigenvalue weighted by molar-refractivity contribution is 6.33. The molecule has 1 unspecified atom stereocenters. The normalized spacial score (nSPS) is 16.6. The van der Waals surface area contributed by atoms with E-state index in [1.807, 2.05) is 12.1 Å². The monoisotopic (exact) mass is 440 g/mol. The zero-order valence-electron chi connectivity index (χ0n) is 16.1. The van der Waals surface area contributed by atoms with Crippen LogP contribution in [0.4, 0.5) is 24.5 Å². The third-order valence-electron chi connectivity index (χ3n) is 4.93. The van der Waals surface area contributed by atoms with E-state index < -0.39 is 17.8 Å². The molecule has 1 N–H and O–H groups in total. The van der Waals surface area contributed by atoms with Crippen molar-refractivity contribution in [3.63, 3.8) is 0 Å². The fourth-order valence-corrected chi connectivity index (χ4v) is 3.49. The van der Waals surface area contributed by atoms with Crippen molar-refractivity contribution in [3.8, 4) is 0 Å². The van der Waals surface area contributed by atoms with Crippen LogP contribution in [0.3, 0.4) is 0 Å². The maximum absolute atomic E-state index is 12.8. The smallest absolute Gasteiger partial charge is 0.416 e. The largest absolute Gasteiger partial charge is 0.469 e. The van der Waals surface area contributed by atoms with Crippen LogP contribution in [0.1, 0.15) is 24.0 Å². The number of hydrogen-bond donors (Lipinski definition) is 1. The Balaban J connectivity index is 1.64. The summed E-state index contributed by atoms with van der Waals surface area (Å²) in [5.74, 6) is -0.474. The molecule has 1 aliphatic heterocycles. The number of anilines is 2. The molecule has 1 atom stereocenters. The molecule has 2 aromatic rings. The molecule has 30 heavy (non-hydrogen) atoms. The van der Waals surface area contributed by atoms with E-state index >= 15 is 0 Å². The van der Waals surface area contributed by atoms with E-state index in [9.17, 15) is 22.8 Å². The van der Waals surface area contributed by atoms with Crippen molar-refractivity contribution in [2.45, 2.75) is 31.5 Å². The van der Waals surface area contributed by atoms with Gasteiger partial charge in [0.15, 0.2) is 0 Å². The topological polar surface area (TPSA) is 58.6 Å². The Bertz CT molecular complexity index is 932. The fraction of sp³-hybridized carbons (Fsp3) is 0.333. The Hall–Kier alpha value is -2.74. The van der Waals surface area contributed by atoms with Gasteiger partial charge in [-0.15, -0.1) is 0 Å². The van der Waals surface area contributed by atoms with E-state index in [2.05, 4.69) is 10.1 Å². The molecule has 1 heterocycles. The molecule has 5 nitrogen and oxygen atoms in total. The molecule has 1 saturated heterocycles. The first-order chi connectivity index (χ1) is 14.2. The van der Waals surface area contributed by atoms with Gasteiger partial charge in [0.2, 0.25) is 5.91 Å². The zero-order chi connectivity index (χ0) is 21.9. The highest BCUT2D eigenvalue weighted by atomic mass is 35.5. The second kappa shape index (κ2) is 8.95. The van der Waals surface area contributed by atoms with Gasteiger partial charge >= 0.3 is 12.1 Å². The molecule has 160 valence electrons. The van der Waals surface area contributed by atoms with Gasteiger partial charge in [-0.05, 0) is 48.7 Å². The summed E-state index contributed by atoms with van der Waals surface area (Å²) in [5, 5.41) is 2.85. The first-order valence-corrected chi connectivity index (χ1v) is 9.67. The molecule has 1 aliphatic rings. The molecule has 0 saturated carbocycles. The van der Waals surface area contributed by atoms with E-state index in [4.69, 9.17) is 11.6 Å². The Labute approximate surface area is 176 Å². The van der Waals surface area contributed by atoms with Crippen molar-refractivity contribution < 1.29 is 27.5 Å². The van der Waals surface area contributed by atoms with Crippen molar-refractivity contribution in [3.05, 3.63) is 58.6 Å². The van der Waals surface area contributed by atoms with Gasteiger partial charge in [-0.1, -0.05) is 23.7 Å². The highest BCUT2D eigenvalue weighted by Gasteiger charge is 2.34. The zero-order valence-corrected chi connectivity index (χ0v) is 16.9. The molecule has 1 amide bonds. The van der Waals surface area contributed by atoms with Crippen LogP contribution in [0.15, 0.2) is 42.5 Å². The minimum Gasteiger partial charge on any atom is -0.469 e. The third-order valence-corrected chi connectivity index (χ3v) is 5.24. The molecular formula is C21H20ClF3N2O3. The van der Waals surface area contributed by atoms with Crippen molar-refractivity contribution >= 4 is 34.9 Å². The second-order valence-corrected chi connectivity index (χ2v) is 7.32. The van der Waals surface area contributed by atoms with Crippen LogP contribution in [0, 0.1) is 0 Å². The van der Waals surface area contributed by atoms with E-state index in [0.29, 0.717) is 25.1 Å². The number of aryl methyl sites for hydroxylation is 1. The lowest BCUT2D eigenvalue weighted by atomic mass is 10.1. The number of benzene rings is 2. The van der Waals surface area contributed by atoms with Gasteiger partial charge in [0.25, 0.3) is 0 Å². The van der Waals surface area contributed by atoms with Crippen LogP contribution < -0.4 is 10.2 Å². The Morgan fingerprint density at radius 1 is 1.23 bits per heavy atom. The van der Waals surface area contributed by atoms with Crippen molar-refractivity contribution in [2.24, 2.45) is 0 Å². The number of carbonyl (C=O) groups is 2. The summed E-state index contributed by atoms with van der Waals surface area (Å²) in [4.78, 5) is 25.6. The molecule has 0 aliphatic carbocycles. The van der Waals surface area contributed by atoms with Gasteiger partial charge in [-0.25, -0.2) is 0 Å². The average molecular weight is 441 g/mol. The number of hydrogen-bond acceptors (Lipinski definition) is 4. The maximum Gasteiger partial charge on any atom is 0.416 e. The quantitative estimate of drug-likeness (QED) is 0.662. The first-order valence-electron chi connectivity index (χ1n) is 9.29. The number of amides is 1. The van der Waals surface area contributed by atoms with Gasteiger partial charge in [0.05, 0.1) is 23.4 Å². The summed E-state index contributed by atoms with van der Waals surface area (Å²) in [6.07, 6.45) is -3.18. The minimum absolute atomic E-state index is 0.0916. The number of esters is 1. The molecule has 9 heteroatoms. The predicted molar refractivity (Wildman–Crippen MR) is 108 cm³/mol. The molecule has 0 spiro atoms. The molecule has 1 fully saturated rings. The third kappa shape index (κ3) is 5.05. The number of methoxy groups -OCH3 is 1. The summed E-state index contributed by atoms with van der Waals surface area (Å²) in [6.45, 7) is 0.469. The molecular weight excluding hydrogens is 421 g/mol. The summed E-state index contributed by atoms with van der Waals surface area (Å²) >= 11 is 5.97. The minimum atomic E-state index is -4.48. The van der Waals surface area contributed by atoms with E-state index in [-0.39, 0.29) is 29.0 Å². The Kier molecular flexibility index (Phi) is 6.55. The Morgan fingerprint density at radius 3 is 2.53 bits per heavy atom. The van der Waals surface area contributed by atoms with Gasteiger partial charge in [-0.2, -0.15) is 13.2 Å². The molecule has 0 bridgehead atoms. The van der Waals surface area contributed by atoms with Crippen LogP contribution in [0.2, 0.25) is 5.02 Å². The van der Waals surface area contributed by atoms with Gasteiger partial charge in [0.1, 0.15) is 6.04 Å². The number of nitrogens with one attached hydrogen (secondary N) is 1. The highest BCUT2D eigenvalue weighted by Crippen LogP contribution is 2.34. The number of nitrogens with zero attached hydrogens (tertiary/aromatic N) is 1. The van der Waals surface area contributed by atoms with Crippen molar-refractivity contribution in [2.75, 3.05) is 23.9 Å². The number of alkyl halides is 3. The number of carbonyl (C=O) groups excluding carboxylic acids is 2. The second-order valence-electron chi connectivity index (χ2n) is 6.91. The van der Waals surface area contributed by atoms with Crippen LogP contribution in [0.25, 0.3) is 0 Å². The first kappa shape index (κ1) is 22.0. The standard InChI is InChI=1S/C21H20ClF3N2O3/c1-30-19(28)9-4-13-2-6-15(7-3-13)27-11-10-18(20(27)29)26-17-8-5-14(12-16(17)22)21(23,24)25/h2-3,5-8,12,18,26H,4,9-11H2,1H3. The van der Waals surface area contributed by atoms with Crippen LogP contribution in [-0.4, -0.2) is 31.6 Å². The summed E-state index contributed by atoms with van der Waals surface area (Å²) in [5.41, 5.74) is 1.10. The number of rotatable bonds is 6. The van der Waals surface area contributed by atoms with Crippen molar-refractivity contribution in [1.29, 1.82) is 0 Å². The Morgan fingerprint density at radius 2 is 1.93 bits per heavy atom. The van der Waals surface area contributed by atoms with E-state index in [1.54, 1.807) is 17.0 Å². The van der Waals surface area contributed by atoms with Crippen LogP contribution in [0.5, 0.6) is 0 Å². The van der Waals surface area contributed by atoms with Crippen LogP contribution >= 0.6 is 11.6 Å². The fourth-order valence-electron chi connectivity index (χ4n) is 3.26. The lowest BCUT2D eigenvalue weighted by Crippen LogP contribution is -2.33. The van der Waals surface area contributed by atoms with Crippen LogP contribution in [-0.2, 0) is 26.9 Å². The van der Waals surface area contributed by atoms with Crippen molar-refractivity contribution in [1.82, 2.24) is 0 Å². The molecule has 3 rings (SSSR count). The number of halogens is 4. The summed E-state index contributed by atoms with van der Waals surface area (Å²) in [7, 11) is 1.34. The number of ether oxygens (including phenoxy) is 1. The SMILES string of the molecule is COC(=O)CCc1ccc(N2CCC(Nc3ccc(C(F)(F)F)cc3Cl)C2=O)cc1. The van der Waals surface area contributed by atoms with Gasteiger partial charge in [-0.3, -0.25) is 9.59 Å². The summed E-state index contributed by atoms with van der Waals surface area (Å²) < 4.78 is 43.0. The average Bonchev–Trinajstić information content (AvgIpc) is 3.07. The van der Waals surface area contributed by atoms with Gasteiger partial charge in [0, 0.05) is 18.7 Å². The predicted octanol–water partition coefficient (Wildman–Crippen LogP) is 4.68. The van der Waals surface area contributed by atoms with E-state index in [0.717, 1.165) is 17.7 Å². The van der Waals surface area contributed by atoms with Gasteiger partial charge < -0.3 is 15.0 Å². The lowest BCUT2D eigenvalue weighted by Gasteiger charge is -2.19. The summed E-state index contributed by atoms with van der Waals surface area (Å²) in [6, 6.07) is 9.72. The lowest BCUT2D eigenvalue weighted by molar-refractivity contribution is -0.140.